The molecule has 1 amide bonds. The minimum atomic E-state index is -2.27. The molecule has 1 aromatic rings. The molecule has 4 aliphatic carbocycles. The van der Waals surface area contributed by atoms with Crippen LogP contribution in [0.3, 0.4) is 0 Å². The molecule has 0 aromatic heterocycles. The SMILES string of the molecule is CC1=C2[C@@H](O)C(=O)[C@@]3(C)[C@H]([C@H](OC(=O)c4ccccc4)[C@](O)(CC1OC(=O)[C@H](O)[C@@H](NC(=O)OC(C)(C)C)C1CCC1)C2(C)C)[C@]1(O)CO[C@@H]1C[C@@H]3O.[Ac].[Ac]. The predicted octanol–water partition coefficient (Wildman–Crippen LogP) is 2.12. The first-order valence-corrected chi connectivity index (χ1v) is 18.4. The molecule has 0 spiro atoms. The van der Waals surface area contributed by atoms with Crippen molar-refractivity contribution in [2.45, 2.75) is 140 Å². The summed E-state index contributed by atoms with van der Waals surface area (Å²) in [6.07, 6.45) is -8.72. The molecule has 11 atom stereocenters. The van der Waals surface area contributed by atoms with Gasteiger partial charge in [-0.15, -0.1) is 0 Å². The Morgan fingerprint density at radius 2 is 1.62 bits per heavy atom. The van der Waals surface area contributed by atoms with Crippen LogP contribution >= 0.6 is 0 Å². The molecule has 1 unspecified atom stereocenters. The van der Waals surface area contributed by atoms with E-state index in [9.17, 15) is 44.7 Å². The maximum absolute atomic E-state index is 14.6. The number of carbonyl (C=O) groups is 4. The second kappa shape index (κ2) is 16.9. The zero-order valence-electron chi connectivity index (χ0n) is 32.5. The molecule has 1 saturated heterocycles. The van der Waals surface area contributed by atoms with Gasteiger partial charge in [-0.2, -0.15) is 0 Å². The predicted molar refractivity (Wildman–Crippen MR) is 186 cm³/mol. The fourth-order valence-electron chi connectivity index (χ4n) is 9.43. The van der Waals surface area contributed by atoms with Crippen LogP contribution in [0.5, 0.6) is 0 Å². The quantitative estimate of drug-likeness (QED) is 0.131. The van der Waals surface area contributed by atoms with Crippen LogP contribution in [-0.4, -0.2) is 115 Å². The average molecular weight is 1200 g/mol. The largest absolute Gasteiger partial charge is 0.456 e. The van der Waals surface area contributed by atoms with Gasteiger partial charge in [-0.05, 0) is 76.7 Å². The first-order chi connectivity index (χ1) is 24.6. The zero-order chi connectivity index (χ0) is 39.1. The Hall–Kier alpha value is -0.517. The minimum absolute atomic E-state index is 0. The monoisotopic (exact) mass is 1200 g/mol. The number of hydrogen-bond acceptors (Lipinski definition) is 13. The maximum Gasteiger partial charge on any atom is 0.407 e. The Bertz CT molecular complexity index is 1680. The summed E-state index contributed by atoms with van der Waals surface area (Å²) in [7, 11) is 0. The fraction of sp³-hybridized carbons (Fsp3) is 0.692. The molecule has 14 nitrogen and oxygen atoms in total. The Balaban J connectivity index is 0.00000336. The summed E-state index contributed by atoms with van der Waals surface area (Å²) in [5, 5.41) is 63.0. The van der Waals surface area contributed by atoms with Gasteiger partial charge in [-0.3, -0.25) is 4.79 Å². The van der Waals surface area contributed by atoms with E-state index < -0.39 is 106 Å². The number of esters is 2. The van der Waals surface area contributed by atoms with Gasteiger partial charge in [0.15, 0.2) is 11.9 Å². The summed E-state index contributed by atoms with van der Waals surface area (Å²) in [5.74, 6) is -4.65. The molecule has 5 aliphatic rings. The van der Waals surface area contributed by atoms with Gasteiger partial charge in [0.05, 0.1) is 35.8 Å². The molecular weight excluding hydrogens is 1140 g/mol. The summed E-state index contributed by atoms with van der Waals surface area (Å²) >= 11 is 0. The Labute approximate surface area is 392 Å². The van der Waals surface area contributed by atoms with Gasteiger partial charge in [0.2, 0.25) is 0 Å². The van der Waals surface area contributed by atoms with E-state index in [0.29, 0.717) is 12.8 Å². The van der Waals surface area contributed by atoms with E-state index in [-0.39, 0.29) is 124 Å². The van der Waals surface area contributed by atoms with Crippen LogP contribution in [0.2, 0.25) is 0 Å². The van der Waals surface area contributed by atoms with E-state index in [1.54, 1.807) is 52.8 Å². The number of alkyl carbamates (subject to hydrolysis) is 1. The van der Waals surface area contributed by atoms with Gasteiger partial charge in [-0.25, -0.2) is 14.4 Å². The molecule has 2 bridgehead atoms. The molecule has 298 valence electrons. The first kappa shape index (κ1) is 47.2. The van der Waals surface area contributed by atoms with Crippen molar-refractivity contribution in [3.8, 4) is 0 Å². The van der Waals surface area contributed by atoms with Crippen molar-refractivity contribution in [2.24, 2.45) is 22.7 Å². The Kier molecular flexibility index (Phi) is 14.5. The van der Waals surface area contributed by atoms with E-state index in [1.807, 2.05) is 0 Å². The number of benzene rings is 1. The van der Waals surface area contributed by atoms with Crippen LogP contribution in [0.15, 0.2) is 41.5 Å². The molecule has 1 aromatic carbocycles. The second-order valence-electron chi connectivity index (χ2n) is 17.3. The summed E-state index contributed by atoms with van der Waals surface area (Å²) in [6, 6.07) is 6.87. The third kappa shape index (κ3) is 8.08. The van der Waals surface area contributed by atoms with Gasteiger partial charge in [0.25, 0.3) is 0 Å². The smallest absolute Gasteiger partial charge is 0.407 e. The van der Waals surface area contributed by atoms with Gasteiger partial charge >= 0.3 is 18.0 Å². The number of hydrogen-bond donors (Lipinski definition) is 6. The summed E-state index contributed by atoms with van der Waals surface area (Å²) in [6.45, 7) is 10.8. The van der Waals surface area contributed by atoms with Gasteiger partial charge < -0.3 is 49.8 Å². The molecule has 1 heterocycles. The number of carbonyl (C=O) groups excluding carboxylic acids is 4. The number of ketones is 1. The molecule has 4 fully saturated rings. The van der Waals surface area contributed by atoms with Crippen LogP contribution in [0.25, 0.3) is 0 Å². The molecule has 16 heteroatoms. The summed E-state index contributed by atoms with van der Waals surface area (Å²) in [4.78, 5) is 55.1. The third-order valence-corrected chi connectivity index (χ3v) is 12.8. The fourth-order valence-corrected chi connectivity index (χ4v) is 9.43. The van der Waals surface area contributed by atoms with Crippen LogP contribution in [-0.2, 0) is 28.5 Å². The number of amides is 1. The number of nitrogens with one attached hydrogen (secondary N) is 1. The van der Waals surface area contributed by atoms with Crippen molar-refractivity contribution in [2.75, 3.05) is 6.61 Å². The Morgan fingerprint density at radius 1 is 1.00 bits per heavy atom. The number of rotatable bonds is 7. The van der Waals surface area contributed by atoms with E-state index in [1.165, 1.54) is 26.0 Å². The van der Waals surface area contributed by atoms with Crippen molar-refractivity contribution >= 4 is 23.8 Å². The second-order valence-corrected chi connectivity index (χ2v) is 17.3. The van der Waals surface area contributed by atoms with Crippen molar-refractivity contribution in [1.29, 1.82) is 0 Å². The molecule has 2 radical (unpaired) electrons. The molecule has 3 saturated carbocycles. The van der Waals surface area contributed by atoms with Gasteiger partial charge in [0, 0.05) is 112 Å². The number of Topliss-reactive ketones (excluding diaryl/α,β-unsaturated/α-hetero) is 1. The maximum atomic E-state index is 14.6. The first-order valence-electron chi connectivity index (χ1n) is 18.4. The van der Waals surface area contributed by atoms with Crippen LogP contribution in [0.4, 0.5) is 4.79 Å². The number of fused-ring (bicyclic) bond motifs is 5. The topological polar surface area (TPSA) is 218 Å². The molecule has 1 aliphatic heterocycles. The number of aliphatic hydroxyl groups is 5. The van der Waals surface area contributed by atoms with E-state index in [0.717, 1.165) is 6.42 Å². The van der Waals surface area contributed by atoms with Crippen molar-refractivity contribution in [3.63, 3.8) is 0 Å². The summed E-state index contributed by atoms with van der Waals surface area (Å²) in [5.41, 5.74) is -8.20. The molecule has 6 N–H and O–H groups in total. The zero-order valence-corrected chi connectivity index (χ0v) is 42.0. The number of ether oxygens (including phenoxy) is 4. The molecular formula is C39H53Ac2NO13. The van der Waals surface area contributed by atoms with Crippen LogP contribution in [0, 0.1) is 111 Å². The average Bonchev–Trinajstić information content (AvgIpc) is 3.05. The van der Waals surface area contributed by atoms with Gasteiger partial charge in [-0.1, -0.05) is 38.5 Å². The van der Waals surface area contributed by atoms with Crippen molar-refractivity contribution in [1.82, 2.24) is 5.32 Å². The standard InChI is InChI=1S/C39H53NO13.2Ac/c1-19-22(51-33(46)28(43)26(20-14-11-15-20)40-34(47)53-35(2,3)4)17-39(49)31(52-32(45)21-12-9-8-10-13-21)29-37(7,23(41)16-24-38(29,48)18-50-24)30(44)27(42)25(19)36(39,5)6;;/h8-10,12-13,20,22-24,26-29,31,41-43,48-49H,11,14-18H2,1-7H3,(H,40,47);;/t22?,23-,24+,26-,27+,28+,29-,31-,37+,38-,39+;;/m0../s1. The van der Waals surface area contributed by atoms with E-state index in [4.69, 9.17) is 18.9 Å². The normalized spacial score (nSPS) is 36.3. The van der Waals surface area contributed by atoms with Crippen molar-refractivity contribution in [3.05, 3.63) is 47.0 Å². The van der Waals surface area contributed by atoms with Crippen molar-refractivity contribution < 1.29 is 152 Å². The van der Waals surface area contributed by atoms with E-state index in [2.05, 4.69) is 5.32 Å². The van der Waals surface area contributed by atoms with Crippen LogP contribution < -0.4 is 5.32 Å². The summed E-state index contributed by atoms with van der Waals surface area (Å²) < 4.78 is 23.2. The minimum Gasteiger partial charge on any atom is -0.456 e. The molecule has 55 heavy (non-hydrogen) atoms. The van der Waals surface area contributed by atoms with Crippen LogP contribution in [0.1, 0.15) is 90.9 Å². The van der Waals surface area contributed by atoms with E-state index >= 15 is 0 Å². The Morgan fingerprint density at radius 3 is 2.15 bits per heavy atom. The third-order valence-electron chi connectivity index (χ3n) is 12.8. The number of aliphatic hydroxyl groups excluding tert-OH is 3. The molecule has 6 rings (SSSR count). The van der Waals surface area contributed by atoms with Gasteiger partial charge in [0.1, 0.15) is 35.1 Å².